The number of nitrogens with zero attached hydrogens (tertiary/aromatic N) is 6. The van der Waals surface area contributed by atoms with Crippen molar-refractivity contribution < 1.29 is 27.5 Å². The van der Waals surface area contributed by atoms with Crippen molar-refractivity contribution in [1.82, 2.24) is 35.3 Å². The Hall–Kier alpha value is -7.69. The molecule has 93 heavy (non-hydrogen) atoms. The lowest BCUT2D eigenvalue weighted by atomic mass is 9.67. The molecule has 5 saturated heterocycles. The Bertz CT molecular complexity index is 4500. The molecule has 2 spiro atoms. The first-order chi connectivity index (χ1) is 45.3. The molecule has 5 aliphatic heterocycles. The maximum atomic E-state index is 14.5. The third-order valence-electron chi connectivity index (χ3n) is 19.1. The summed E-state index contributed by atoms with van der Waals surface area (Å²) in [6.45, 7) is 8.14. The van der Waals surface area contributed by atoms with Gasteiger partial charge in [0.15, 0.2) is 0 Å². The highest BCUT2D eigenvalue weighted by molar-refractivity contribution is 7.88. The number of benzene rings is 4. The molecule has 0 radical (unpaired) electrons. The first-order valence-corrected chi connectivity index (χ1v) is 37.7. The summed E-state index contributed by atoms with van der Waals surface area (Å²) in [6.07, 6.45) is 7.27. The van der Waals surface area contributed by atoms with E-state index in [2.05, 4.69) is 97.8 Å². The van der Waals surface area contributed by atoms with Gasteiger partial charge in [0.05, 0.1) is 62.3 Å². The van der Waals surface area contributed by atoms with E-state index >= 15 is 0 Å². The van der Waals surface area contributed by atoms with Crippen LogP contribution in [0.4, 0.5) is 34.1 Å². The molecule has 15 rings (SSSR count). The van der Waals surface area contributed by atoms with Crippen LogP contribution in [0.25, 0.3) is 41.2 Å². The van der Waals surface area contributed by atoms with Crippen LogP contribution in [0.2, 0.25) is 0 Å². The van der Waals surface area contributed by atoms with Gasteiger partial charge >= 0.3 is 0 Å². The molecule has 25 heteroatoms. The molecule has 0 saturated carbocycles. The highest BCUT2D eigenvalue weighted by atomic mass is 32.2. The number of nitrogens with one attached hydrogen (secondary N) is 7. The highest BCUT2D eigenvalue weighted by Crippen LogP contribution is 2.51. The van der Waals surface area contributed by atoms with Gasteiger partial charge in [-0.3, -0.25) is 14.4 Å². The van der Waals surface area contributed by atoms with Gasteiger partial charge in [0.25, 0.3) is 17.7 Å². The molecule has 0 aliphatic carbocycles. The fourth-order valence-corrected chi connectivity index (χ4v) is 19.5. The number of morpholine rings is 1. The number of ether oxygens (including phenoxy) is 1. The smallest absolute Gasteiger partial charge is 0.275 e. The maximum absolute atomic E-state index is 14.5. The van der Waals surface area contributed by atoms with Crippen molar-refractivity contribution in [3.8, 4) is 30.3 Å². The third kappa shape index (κ3) is 12.7. The number of thiazole rings is 3. The summed E-state index contributed by atoms with van der Waals surface area (Å²) in [5.41, 5.74) is 9.76. The fraction of sp³-hybridized carbons (Fsp3) is 0.324. The average Bonchev–Trinajstić information content (AvgIpc) is 1.71. The van der Waals surface area contributed by atoms with Crippen molar-refractivity contribution in [2.75, 3.05) is 109 Å². The zero-order chi connectivity index (χ0) is 63.3. The fourth-order valence-electron chi connectivity index (χ4n) is 14.4. The van der Waals surface area contributed by atoms with Crippen molar-refractivity contribution in [2.45, 2.75) is 55.6 Å². The number of anilines is 6. The number of sulfonamides is 1. The monoisotopic (exact) mass is 1360 g/mol. The van der Waals surface area contributed by atoms with Crippen molar-refractivity contribution >= 4 is 129 Å². The molecular formula is C68H69N13O6S6. The lowest BCUT2D eigenvalue weighted by molar-refractivity contribution is -0.0933. The van der Waals surface area contributed by atoms with Gasteiger partial charge in [-0.15, -0.1) is 56.7 Å². The largest absolute Gasteiger partial charge is 0.372 e. The maximum Gasteiger partial charge on any atom is 0.275 e. The van der Waals surface area contributed by atoms with Crippen molar-refractivity contribution in [1.29, 1.82) is 0 Å². The lowest BCUT2D eigenvalue weighted by Gasteiger charge is -2.50. The molecule has 11 heterocycles. The number of fused-ring (bicyclic) bond motifs is 1. The number of carbonyl (C=O) groups excluding carboxylic acids is 3. The van der Waals surface area contributed by atoms with Crippen LogP contribution in [-0.4, -0.2) is 136 Å². The summed E-state index contributed by atoms with van der Waals surface area (Å²) in [4.78, 5) is 69.5. The quantitative estimate of drug-likeness (QED) is 0.0477. The average molecular weight is 1360 g/mol. The van der Waals surface area contributed by atoms with Crippen LogP contribution in [0.3, 0.4) is 0 Å². The number of rotatable bonds is 16. The van der Waals surface area contributed by atoms with E-state index in [4.69, 9.17) is 14.7 Å². The second-order valence-electron chi connectivity index (χ2n) is 24.8. The number of aromatic amines is 1. The second-order valence-corrected chi connectivity index (χ2v) is 31.0. The predicted molar refractivity (Wildman–Crippen MR) is 377 cm³/mol. The molecule has 5 fully saturated rings. The number of hydrogen-bond acceptors (Lipinski definition) is 19. The minimum atomic E-state index is -3.31. The molecule has 5 aliphatic rings. The predicted octanol–water partition coefficient (Wildman–Crippen LogP) is 12.3. The molecule has 19 nitrogen and oxygen atoms in total. The molecule has 10 aromatic rings. The van der Waals surface area contributed by atoms with Gasteiger partial charge < -0.3 is 51.0 Å². The molecule has 4 unspecified atom stereocenters. The van der Waals surface area contributed by atoms with Crippen LogP contribution >= 0.6 is 56.7 Å². The summed E-state index contributed by atoms with van der Waals surface area (Å²) < 4.78 is 33.5. The minimum absolute atomic E-state index is 0.0786. The number of aromatic nitrogens is 4. The van der Waals surface area contributed by atoms with E-state index in [1.807, 2.05) is 95.1 Å². The number of thiophene rings is 2. The van der Waals surface area contributed by atoms with E-state index in [0.717, 1.165) is 117 Å². The minimum Gasteiger partial charge on any atom is -0.372 e. The van der Waals surface area contributed by atoms with Gasteiger partial charge in [0.2, 0.25) is 10.0 Å². The Kier molecular flexibility index (Phi) is 17.1. The summed E-state index contributed by atoms with van der Waals surface area (Å²) in [7, 11) is -3.31. The first kappa shape index (κ1) is 61.5. The number of H-pyrrole nitrogens is 1. The van der Waals surface area contributed by atoms with Crippen LogP contribution in [0.5, 0.6) is 0 Å². The van der Waals surface area contributed by atoms with Gasteiger partial charge in [-0.25, -0.2) is 28.1 Å². The van der Waals surface area contributed by atoms with E-state index in [1.54, 1.807) is 28.1 Å². The SMILES string of the molecule is CS(=O)(=O)NC1CCN(c2ccccc2NC(=O)c2csc(-c3cc(C4CN(c5ccccc5NC(=O)c5csc(-c6cc(C7CN(c8ccccc8NC(=O)c8csc(-c9cccs9)n8)CCC78CCNC8)cs6)n5)CCC45CNCCO5)c4[nH]ccc4c3)n2)CC1. The molecule has 4 atom stereocenters. The number of amides is 3. The Morgan fingerprint density at radius 3 is 1.78 bits per heavy atom. The first-order valence-electron chi connectivity index (χ1n) is 31.4. The van der Waals surface area contributed by atoms with Crippen LogP contribution in [0, 0.1) is 5.41 Å². The summed E-state index contributed by atoms with van der Waals surface area (Å²) in [6, 6.07) is 36.4. The molecule has 3 amide bonds. The highest BCUT2D eigenvalue weighted by Gasteiger charge is 2.48. The van der Waals surface area contributed by atoms with Crippen LogP contribution in [-0.2, 0) is 14.8 Å². The molecule has 6 aromatic heterocycles. The molecule has 7 N–H and O–H groups in total. The topological polar surface area (TPSA) is 231 Å². The van der Waals surface area contributed by atoms with Gasteiger partial charge in [0, 0.05) is 116 Å². The zero-order valence-corrected chi connectivity index (χ0v) is 55.9. The van der Waals surface area contributed by atoms with Crippen LogP contribution < -0.4 is 46.0 Å². The number of piperidine rings is 3. The number of para-hydroxylation sites is 6. The summed E-state index contributed by atoms with van der Waals surface area (Å²) in [5, 5.41) is 30.1. The molecule has 0 bridgehead atoms. The molecular weight excluding hydrogens is 1290 g/mol. The normalized spacial score (nSPS) is 21.2. The third-order valence-corrected chi connectivity index (χ3v) is 24.6. The van der Waals surface area contributed by atoms with Crippen molar-refractivity contribution in [3.05, 3.63) is 171 Å². The summed E-state index contributed by atoms with van der Waals surface area (Å²) in [5.74, 6) is -0.743. The molecule has 4 aromatic carbocycles. The number of carbonyl (C=O) groups is 3. The Balaban J connectivity index is 0.641. The standard InChI is InChI=1S/C68H69N13O6S6/c1-93(85,86)78-45-17-25-79(26-18-45)55-12-5-2-9-49(55)72-61(82)52-37-90-64(75-52)43-31-42-16-22-71-60(42)46(32-43)48-35-81(28-21-68(48)41-70-24-29-87-68)57-14-7-4-11-51(57)74-63(84)54-39-92-66(77-54)59-33-44(36-89-59)47-34-80(27-20-67(47)19-23-69-40-67)56-13-6-3-10-50(56)73-62(83)53-38-91-65(76-53)58-15-8-30-88-58/h2-16,22,30-33,36-39,45,47-48,69-71,78H,17-21,23-29,34-35,40-41H2,1H3,(H,72,82)(H,73,83)(H,74,84). The van der Waals surface area contributed by atoms with E-state index in [-0.39, 0.29) is 41.0 Å². The van der Waals surface area contributed by atoms with Gasteiger partial charge in [-0.05, 0) is 133 Å². The summed E-state index contributed by atoms with van der Waals surface area (Å²) >= 11 is 7.67. The van der Waals surface area contributed by atoms with Crippen molar-refractivity contribution in [3.63, 3.8) is 0 Å². The van der Waals surface area contributed by atoms with Crippen LogP contribution in [0.1, 0.15) is 86.5 Å². The van der Waals surface area contributed by atoms with E-state index in [0.29, 0.717) is 85.6 Å². The van der Waals surface area contributed by atoms with E-state index in [1.165, 1.54) is 45.8 Å². The Labute approximate surface area is 559 Å². The Morgan fingerprint density at radius 1 is 0.591 bits per heavy atom. The second kappa shape index (κ2) is 25.9. The van der Waals surface area contributed by atoms with Gasteiger partial charge in [0.1, 0.15) is 32.1 Å². The van der Waals surface area contributed by atoms with Gasteiger partial charge in [-0.2, -0.15) is 0 Å². The van der Waals surface area contributed by atoms with E-state index < -0.39 is 15.6 Å². The molecule has 478 valence electrons. The van der Waals surface area contributed by atoms with Crippen LogP contribution in [0.15, 0.2) is 142 Å². The van der Waals surface area contributed by atoms with Gasteiger partial charge in [-0.1, -0.05) is 42.5 Å². The van der Waals surface area contributed by atoms with Crippen molar-refractivity contribution in [2.24, 2.45) is 5.41 Å². The van der Waals surface area contributed by atoms with E-state index in [9.17, 15) is 22.8 Å². The Morgan fingerprint density at radius 2 is 1.18 bits per heavy atom. The number of hydrogen-bond donors (Lipinski definition) is 7. The zero-order valence-electron chi connectivity index (χ0n) is 51.0. The lowest BCUT2D eigenvalue weighted by Crippen LogP contribution is -2.60.